The van der Waals surface area contributed by atoms with Crippen LogP contribution in [0.25, 0.3) is 10.8 Å². The van der Waals surface area contributed by atoms with Gasteiger partial charge in [0.25, 0.3) is 5.56 Å². The fourth-order valence-corrected chi connectivity index (χ4v) is 2.93. The van der Waals surface area contributed by atoms with Gasteiger partial charge in [0.1, 0.15) is 5.39 Å². The van der Waals surface area contributed by atoms with Crippen molar-refractivity contribution in [2.24, 2.45) is 0 Å². The molecule has 5 heteroatoms. The zero-order valence-electron chi connectivity index (χ0n) is 10.0. The number of aryl methyl sites for hydroxylation is 1. The minimum Gasteiger partial charge on any atom is -0.321 e. The standard InChI is InChI=1S/C13H14FN3O/c14-12-11-9(10-3-1-2-6-16(10)12)7-15-17(13(11)18)8-4-5-8/h7-8H,1-6H2. The van der Waals surface area contributed by atoms with Crippen LogP contribution >= 0.6 is 0 Å². The van der Waals surface area contributed by atoms with E-state index < -0.39 is 0 Å². The Morgan fingerprint density at radius 2 is 2.17 bits per heavy atom. The van der Waals surface area contributed by atoms with Gasteiger partial charge in [0, 0.05) is 17.6 Å². The van der Waals surface area contributed by atoms with Gasteiger partial charge in [0.15, 0.2) is 0 Å². The van der Waals surface area contributed by atoms with E-state index in [2.05, 4.69) is 5.10 Å². The number of halogens is 1. The van der Waals surface area contributed by atoms with Gasteiger partial charge in [-0.15, -0.1) is 0 Å². The van der Waals surface area contributed by atoms with Crippen molar-refractivity contribution >= 4 is 10.8 Å². The maximum atomic E-state index is 14.4. The van der Waals surface area contributed by atoms with Crippen molar-refractivity contribution < 1.29 is 4.39 Å². The number of nitrogens with zero attached hydrogens (tertiary/aromatic N) is 3. The van der Waals surface area contributed by atoms with Gasteiger partial charge in [0.05, 0.1) is 12.2 Å². The Bertz CT molecular complexity index is 696. The Hall–Kier alpha value is -1.65. The molecule has 0 saturated heterocycles. The van der Waals surface area contributed by atoms with E-state index >= 15 is 0 Å². The van der Waals surface area contributed by atoms with Crippen molar-refractivity contribution in [2.45, 2.75) is 44.7 Å². The first-order valence-electron chi connectivity index (χ1n) is 6.56. The van der Waals surface area contributed by atoms with E-state index in [1.54, 1.807) is 10.8 Å². The molecule has 1 aliphatic carbocycles. The first-order valence-corrected chi connectivity index (χ1v) is 6.56. The molecule has 4 rings (SSSR count). The predicted octanol–water partition coefficient (Wildman–Crippen LogP) is 2.01. The molecule has 1 fully saturated rings. The summed E-state index contributed by atoms with van der Waals surface area (Å²) in [5.74, 6) is -0.360. The van der Waals surface area contributed by atoms with Gasteiger partial charge in [-0.1, -0.05) is 0 Å². The molecule has 0 spiro atoms. The summed E-state index contributed by atoms with van der Waals surface area (Å²) in [7, 11) is 0. The molecule has 0 N–H and O–H groups in total. The largest absolute Gasteiger partial charge is 0.321 e. The second-order valence-corrected chi connectivity index (χ2v) is 5.26. The van der Waals surface area contributed by atoms with Crippen LogP contribution in [0, 0.1) is 5.95 Å². The maximum Gasteiger partial charge on any atom is 0.279 e. The Balaban J connectivity index is 2.07. The molecule has 2 aliphatic rings. The number of rotatable bonds is 1. The van der Waals surface area contributed by atoms with Gasteiger partial charge in [-0.2, -0.15) is 9.49 Å². The highest BCUT2D eigenvalue weighted by Gasteiger charge is 2.29. The topological polar surface area (TPSA) is 39.8 Å². The van der Waals surface area contributed by atoms with Gasteiger partial charge in [-0.3, -0.25) is 4.79 Å². The maximum absolute atomic E-state index is 14.4. The molecule has 18 heavy (non-hydrogen) atoms. The first kappa shape index (κ1) is 10.3. The zero-order chi connectivity index (χ0) is 12.3. The lowest BCUT2D eigenvalue weighted by molar-refractivity contribution is 0.442. The minimum atomic E-state index is -0.360. The van der Waals surface area contributed by atoms with E-state index in [9.17, 15) is 9.18 Å². The number of hydrogen-bond donors (Lipinski definition) is 0. The number of hydrogen-bond acceptors (Lipinski definition) is 2. The second kappa shape index (κ2) is 3.43. The van der Waals surface area contributed by atoms with Gasteiger partial charge in [-0.05, 0) is 32.1 Å². The van der Waals surface area contributed by atoms with Crippen LogP contribution in [0.5, 0.6) is 0 Å². The van der Waals surface area contributed by atoms with Crippen molar-refractivity contribution in [3.8, 4) is 0 Å². The van der Waals surface area contributed by atoms with Gasteiger partial charge < -0.3 is 4.57 Å². The Kier molecular flexibility index (Phi) is 1.96. The second-order valence-electron chi connectivity index (χ2n) is 5.26. The lowest BCUT2D eigenvalue weighted by Gasteiger charge is -2.14. The number of fused-ring (bicyclic) bond motifs is 3. The van der Waals surface area contributed by atoms with E-state index in [1.165, 1.54) is 4.68 Å². The van der Waals surface area contributed by atoms with Gasteiger partial charge in [-0.25, -0.2) is 4.68 Å². The SMILES string of the molecule is O=c1c2c(F)n3c(c2cnn1C1CC1)CCCC3. The van der Waals surface area contributed by atoms with Crippen molar-refractivity contribution in [1.29, 1.82) is 0 Å². The zero-order valence-corrected chi connectivity index (χ0v) is 10.0. The van der Waals surface area contributed by atoms with Crippen molar-refractivity contribution in [3.63, 3.8) is 0 Å². The molecule has 0 radical (unpaired) electrons. The van der Waals surface area contributed by atoms with E-state index in [1.807, 2.05) is 0 Å². The molecule has 0 atom stereocenters. The highest BCUT2D eigenvalue weighted by atomic mass is 19.1. The third-order valence-electron chi connectivity index (χ3n) is 4.02. The monoisotopic (exact) mass is 247 g/mol. The molecule has 2 aromatic rings. The summed E-state index contributed by atoms with van der Waals surface area (Å²) in [5.41, 5.74) is 0.690. The van der Waals surface area contributed by atoms with Crippen LogP contribution in [0.3, 0.4) is 0 Å². The predicted molar refractivity (Wildman–Crippen MR) is 65.2 cm³/mol. The van der Waals surface area contributed by atoms with Crippen LogP contribution in [-0.2, 0) is 13.0 Å². The molecular weight excluding hydrogens is 233 g/mol. The summed E-state index contributed by atoms with van der Waals surface area (Å²) in [6.45, 7) is 0.679. The third kappa shape index (κ3) is 1.24. The molecule has 1 aliphatic heterocycles. The summed E-state index contributed by atoms with van der Waals surface area (Å²) >= 11 is 0. The molecule has 0 unspecified atom stereocenters. The van der Waals surface area contributed by atoms with Crippen molar-refractivity contribution in [3.05, 3.63) is 28.2 Å². The van der Waals surface area contributed by atoms with E-state index in [4.69, 9.17) is 0 Å². The van der Waals surface area contributed by atoms with Crippen LogP contribution in [0.15, 0.2) is 11.0 Å². The summed E-state index contributed by atoms with van der Waals surface area (Å²) in [6.07, 6.45) is 6.52. The van der Waals surface area contributed by atoms with Crippen LogP contribution in [0.2, 0.25) is 0 Å². The molecule has 3 heterocycles. The normalized spacial score (nSPS) is 19.2. The Morgan fingerprint density at radius 1 is 1.33 bits per heavy atom. The Labute approximate surface area is 103 Å². The quantitative estimate of drug-likeness (QED) is 0.773. The van der Waals surface area contributed by atoms with Crippen LogP contribution in [0.4, 0.5) is 4.39 Å². The molecular formula is C13H14FN3O. The van der Waals surface area contributed by atoms with E-state index in [-0.39, 0.29) is 22.9 Å². The summed E-state index contributed by atoms with van der Waals surface area (Å²) in [6, 6.07) is 0.193. The highest BCUT2D eigenvalue weighted by Crippen LogP contribution is 2.34. The van der Waals surface area contributed by atoms with Crippen LogP contribution in [0.1, 0.15) is 37.4 Å². The summed E-state index contributed by atoms with van der Waals surface area (Å²) in [5, 5.41) is 5.18. The van der Waals surface area contributed by atoms with E-state index in [0.717, 1.165) is 37.8 Å². The smallest absolute Gasteiger partial charge is 0.279 e. The summed E-state index contributed by atoms with van der Waals surface area (Å²) < 4.78 is 17.5. The van der Waals surface area contributed by atoms with Crippen molar-refractivity contribution in [2.75, 3.05) is 0 Å². The number of aromatic nitrogens is 3. The molecule has 0 amide bonds. The third-order valence-corrected chi connectivity index (χ3v) is 4.02. The molecule has 4 nitrogen and oxygen atoms in total. The minimum absolute atomic E-state index is 0.193. The fraction of sp³-hybridized carbons (Fsp3) is 0.538. The molecule has 0 aromatic carbocycles. The lowest BCUT2D eigenvalue weighted by Crippen LogP contribution is -2.21. The highest BCUT2D eigenvalue weighted by molar-refractivity contribution is 5.84. The Morgan fingerprint density at radius 3 is 2.94 bits per heavy atom. The molecule has 1 saturated carbocycles. The molecule has 2 aromatic heterocycles. The lowest BCUT2D eigenvalue weighted by atomic mass is 10.1. The van der Waals surface area contributed by atoms with Crippen LogP contribution in [-0.4, -0.2) is 14.3 Å². The van der Waals surface area contributed by atoms with Gasteiger partial charge >= 0.3 is 0 Å². The molecule has 0 bridgehead atoms. The first-order chi connectivity index (χ1) is 8.77. The van der Waals surface area contributed by atoms with Gasteiger partial charge in [0.2, 0.25) is 5.95 Å². The summed E-state index contributed by atoms with van der Waals surface area (Å²) in [4.78, 5) is 12.3. The average molecular weight is 247 g/mol. The van der Waals surface area contributed by atoms with Crippen LogP contribution < -0.4 is 5.56 Å². The van der Waals surface area contributed by atoms with Crippen molar-refractivity contribution in [1.82, 2.24) is 14.3 Å². The van der Waals surface area contributed by atoms with E-state index in [0.29, 0.717) is 11.9 Å². The molecule has 94 valence electrons. The average Bonchev–Trinajstić information content (AvgIpc) is 3.18. The fourth-order valence-electron chi connectivity index (χ4n) is 2.93.